The number of nitro benzene ring substituents is 2. The fourth-order valence-electron chi connectivity index (χ4n) is 1.13. The van der Waals surface area contributed by atoms with E-state index >= 15 is 0 Å². The predicted octanol–water partition coefficient (Wildman–Crippen LogP) is 1.98. The number of hydrogen-bond donors (Lipinski definition) is 0. The van der Waals surface area contributed by atoms with E-state index in [4.69, 9.17) is 4.74 Å². The number of hydrogen-bond acceptors (Lipinski definition) is 6. The fourth-order valence-corrected chi connectivity index (χ4v) is 1.13. The zero-order valence-corrected chi connectivity index (χ0v) is 9.23. The van der Waals surface area contributed by atoms with Gasteiger partial charge in [-0.2, -0.15) is 0 Å². The minimum Gasteiger partial charge on any atom is -0.416 e. The topological polar surface area (TPSA) is 113 Å². The number of nitrogens with zero attached hydrogens (tertiary/aromatic N) is 2. The molecular weight excluding hydrogens is 244 g/mol. The van der Waals surface area contributed by atoms with Crippen LogP contribution in [0.4, 0.5) is 11.4 Å². The molecule has 0 spiro atoms. The van der Waals surface area contributed by atoms with Crippen LogP contribution in [0.1, 0.15) is 6.92 Å². The molecule has 0 saturated carbocycles. The Bertz CT molecular complexity index is 537. The smallest absolute Gasteiger partial charge is 0.336 e. The molecule has 0 N–H and O–H groups in total. The normalized spacial score (nSPS) is 10.3. The van der Waals surface area contributed by atoms with Gasteiger partial charge in [0.2, 0.25) is 5.75 Å². The summed E-state index contributed by atoms with van der Waals surface area (Å²) in [4.78, 5) is 30.7. The summed E-state index contributed by atoms with van der Waals surface area (Å²) in [6.07, 6.45) is 2.48. The lowest BCUT2D eigenvalue weighted by Gasteiger charge is -2.02. The van der Waals surface area contributed by atoms with E-state index in [1.807, 2.05) is 0 Å². The summed E-state index contributed by atoms with van der Waals surface area (Å²) >= 11 is 0. The second-order valence-electron chi connectivity index (χ2n) is 3.09. The summed E-state index contributed by atoms with van der Waals surface area (Å²) in [5.74, 6) is -1.14. The third-order valence-corrected chi connectivity index (χ3v) is 1.86. The number of non-ortho nitro benzene ring substituents is 1. The fraction of sp³-hybridized carbons (Fsp3) is 0.100. The van der Waals surface area contributed by atoms with Gasteiger partial charge in [-0.3, -0.25) is 20.2 Å². The molecule has 0 fully saturated rings. The zero-order chi connectivity index (χ0) is 13.7. The summed E-state index contributed by atoms with van der Waals surface area (Å²) in [5.41, 5.74) is -1.09. The summed E-state index contributed by atoms with van der Waals surface area (Å²) < 4.78 is 4.69. The zero-order valence-electron chi connectivity index (χ0n) is 9.23. The Morgan fingerprint density at radius 2 is 1.94 bits per heavy atom. The summed E-state index contributed by atoms with van der Waals surface area (Å²) in [6.45, 7) is 1.57. The largest absolute Gasteiger partial charge is 0.416 e. The second kappa shape index (κ2) is 5.53. The number of esters is 1. The van der Waals surface area contributed by atoms with Crippen molar-refractivity contribution in [3.63, 3.8) is 0 Å². The van der Waals surface area contributed by atoms with Crippen LogP contribution in [-0.4, -0.2) is 15.8 Å². The standard InChI is InChI=1S/C10H8N2O6/c1-2-3-10(13)18-9-5-4-7(11(14)15)6-8(9)12(16)17/h2-6H,1H3. The highest BCUT2D eigenvalue weighted by molar-refractivity contribution is 5.84. The van der Waals surface area contributed by atoms with Crippen LogP contribution in [0.2, 0.25) is 0 Å². The van der Waals surface area contributed by atoms with E-state index in [1.165, 1.54) is 6.08 Å². The van der Waals surface area contributed by atoms with Crippen LogP contribution in [-0.2, 0) is 4.79 Å². The van der Waals surface area contributed by atoms with Gasteiger partial charge in [0.1, 0.15) is 0 Å². The third-order valence-electron chi connectivity index (χ3n) is 1.86. The van der Waals surface area contributed by atoms with Gasteiger partial charge in [0.25, 0.3) is 5.69 Å². The first-order chi connectivity index (χ1) is 8.45. The number of carbonyl (C=O) groups is 1. The molecule has 0 unspecified atom stereocenters. The van der Waals surface area contributed by atoms with E-state index < -0.39 is 27.2 Å². The molecule has 18 heavy (non-hydrogen) atoms. The van der Waals surface area contributed by atoms with Gasteiger partial charge in [0.05, 0.1) is 15.9 Å². The summed E-state index contributed by atoms with van der Waals surface area (Å²) in [5, 5.41) is 21.2. The van der Waals surface area contributed by atoms with Crippen molar-refractivity contribution >= 4 is 17.3 Å². The van der Waals surface area contributed by atoms with Crippen LogP contribution in [0.3, 0.4) is 0 Å². The quantitative estimate of drug-likeness (QED) is 0.266. The molecule has 0 aliphatic rings. The molecule has 0 heterocycles. The predicted molar refractivity (Wildman–Crippen MR) is 60.2 cm³/mol. The van der Waals surface area contributed by atoms with Gasteiger partial charge in [-0.05, 0) is 13.0 Å². The minimum atomic E-state index is -0.856. The Balaban J connectivity index is 3.15. The average molecular weight is 252 g/mol. The maximum Gasteiger partial charge on any atom is 0.336 e. The molecule has 1 rings (SSSR count). The van der Waals surface area contributed by atoms with Crippen molar-refractivity contribution in [2.75, 3.05) is 0 Å². The summed E-state index contributed by atoms with van der Waals surface area (Å²) in [7, 11) is 0. The van der Waals surface area contributed by atoms with Crippen LogP contribution >= 0.6 is 0 Å². The van der Waals surface area contributed by atoms with Gasteiger partial charge < -0.3 is 4.74 Å². The number of benzene rings is 1. The van der Waals surface area contributed by atoms with Gasteiger partial charge in [-0.1, -0.05) is 6.08 Å². The van der Waals surface area contributed by atoms with E-state index in [0.29, 0.717) is 0 Å². The van der Waals surface area contributed by atoms with Crippen molar-refractivity contribution in [1.29, 1.82) is 0 Å². The van der Waals surface area contributed by atoms with Crippen molar-refractivity contribution in [3.05, 3.63) is 50.6 Å². The minimum absolute atomic E-state index is 0.339. The Hall–Kier alpha value is -2.77. The number of rotatable bonds is 4. The van der Waals surface area contributed by atoms with Crippen LogP contribution in [0.15, 0.2) is 30.4 Å². The van der Waals surface area contributed by atoms with E-state index in [9.17, 15) is 25.0 Å². The average Bonchev–Trinajstić information content (AvgIpc) is 2.29. The molecule has 1 aromatic rings. The molecule has 0 saturated heterocycles. The van der Waals surface area contributed by atoms with Crippen molar-refractivity contribution in [1.82, 2.24) is 0 Å². The van der Waals surface area contributed by atoms with Crippen LogP contribution in [0, 0.1) is 20.2 Å². The molecule has 1 aromatic carbocycles. The summed E-state index contributed by atoms with van der Waals surface area (Å²) in [6, 6.07) is 2.77. The molecule has 0 aliphatic carbocycles. The third kappa shape index (κ3) is 3.11. The first-order valence-electron chi connectivity index (χ1n) is 4.73. The lowest BCUT2D eigenvalue weighted by atomic mass is 10.2. The molecular formula is C10H8N2O6. The van der Waals surface area contributed by atoms with Crippen LogP contribution in [0.25, 0.3) is 0 Å². The number of carbonyl (C=O) groups excluding carboxylic acids is 1. The van der Waals surface area contributed by atoms with Crippen LogP contribution in [0.5, 0.6) is 5.75 Å². The van der Waals surface area contributed by atoms with Crippen molar-refractivity contribution < 1.29 is 19.4 Å². The maximum absolute atomic E-state index is 11.1. The molecule has 0 bridgehead atoms. The maximum atomic E-state index is 11.1. The molecule has 8 heteroatoms. The Morgan fingerprint density at radius 1 is 1.28 bits per heavy atom. The van der Waals surface area contributed by atoms with Crippen molar-refractivity contribution in [2.24, 2.45) is 0 Å². The monoisotopic (exact) mass is 252 g/mol. The highest BCUT2D eigenvalue weighted by Gasteiger charge is 2.21. The molecule has 0 aliphatic heterocycles. The van der Waals surface area contributed by atoms with Gasteiger partial charge in [-0.25, -0.2) is 4.79 Å². The van der Waals surface area contributed by atoms with Gasteiger partial charge in [0, 0.05) is 12.1 Å². The van der Waals surface area contributed by atoms with E-state index in [0.717, 1.165) is 24.3 Å². The number of allylic oxidation sites excluding steroid dienone is 1. The molecule has 0 radical (unpaired) electrons. The Morgan fingerprint density at radius 3 is 2.44 bits per heavy atom. The number of ether oxygens (including phenoxy) is 1. The highest BCUT2D eigenvalue weighted by Crippen LogP contribution is 2.31. The Labute approximate surface area is 101 Å². The molecule has 0 amide bonds. The van der Waals surface area contributed by atoms with E-state index in [2.05, 4.69) is 0 Å². The van der Waals surface area contributed by atoms with E-state index in [-0.39, 0.29) is 5.75 Å². The van der Waals surface area contributed by atoms with Crippen molar-refractivity contribution in [2.45, 2.75) is 6.92 Å². The van der Waals surface area contributed by atoms with Gasteiger partial charge in [-0.15, -0.1) is 0 Å². The molecule has 0 atom stereocenters. The van der Waals surface area contributed by atoms with Crippen molar-refractivity contribution in [3.8, 4) is 5.75 Å². The molecule has 94 valence electrons. The van der Waals surface area contributed by atoms with Crippen LogP contribution < -0.4 is 4.74 Å². The number of nitro groups is 2. The molecule has 8 nitrogen and oxygen atoms in total. The SMILES string of the molecule is CC=CC(=O)Oc1ccc([N+](=O)[O-])cc1[N+](=O)[O-]. The second-order valence-corrected chi connectivity index (χ2v) is 3.09. The van der Waals surface area contributed by atoms with Gasteiger partial charge in [0.15, 0.2) is 0 Å². The lowest BCUT2D eigenvalue weighted by molar-refractivity contribution is -0.394. The van der Waals surface area contributed by atoms with E-state index in [1.54, 1.807) is 6.92 Å². The van der Waals surface area contributed by atoms with Gasteiger partial charge >= 0.3 is 11.7 Å². The first-order valence-corrected chi connectivity index (χ1v) is 4.73. The molecule has 0 aromatic heterocycles. The Kier molecular flexibility index (Phi) is 4.08. The first kappa shape index (κ1) is 13.3. The highest BCUT2D eigenvalue weighted by atomic mass is 16.6. The lowest BCUT2D eigenvalue weighted by Crippen LogP contribution is -2.06.